The van der Waals surface area contributed by atoms with Crippen LogP contribution >= 0.6 is 0 Å². The molecule has 0 bridgehead atoms. The van der Waals surface area contributed by atoms with Crippen LogP contribution in [-0.4, -0.2) is 47.4 Å². The van der Waals surface area contributed by atoms with E-state index in [9.17, 15) is 19.8 Å². The van der Waals surface area contributed by atoms with Crippen LogP contribution in [0, 0.1) is 0 Å². The number of carbonyl (C=O) groups is 2. The molecule has 0 saturated carbocycles. The first-order valence-corrected chi connectivity index (χ1v) is 20.6. The molecule has 2 unspecified atom stereocenters. The second kappa shape index (κ2) is 38.1. The maximum absolute atomic E-state index is 12.3. The Morgan fingerprint density at radius 1 is 0.562 bits per heavy atom. The second-order valence-corrected chi connectivity index (χ2v) is 14.0. The predicted octanol–water partition coefficient (Wildman–Crippen LogP) is 11.2. The van der Waals surface area contributed by atoms with Crippen molar-refractivity contribution < 1.29 is 24.5 Å². The molecule has 0 rings (SSSR count). The van der Waals surface area contributed by atoms with Crippen molar-refractivity contribution in [2.45, 2.75) is 219 Å². The highest BCUT2D eigenvalue weighted by atomic mass is 16.5. The molecule has 0 aliphatic rings. The summed E-state index contributed by atoms with van der Waals surface area (Å²) in [4.78, 5) is 24.3. The number of hydrogen-bond donors (Lipinski definition) is 3. The Hall–Kier alpha value is -1.66. The van der Waals surface area contributed by atoms with E-state index in [2.05, 4.69) is 31.3 Å². The van der Waals surface area contributed by atoms with Crippen LogP contribution < -0.4 is 5.32 Å². The molecule has 1 amide bonds. The maximum atomic E-state index is 12.3. The SMILES string of the molecule is CCCCC/C=C\CCCCCCCC(=O)OCCCCCCCCCCCCC(=O)NC(CO)C(O)/C=C/CCCCCCCCC. The number of carbonyl (C=O) groups excluding carboxylic acids is 2. The van der Waals surface area contributed by atoms with Crippen molar-refractivity contribution >= 4 is 11.9 Å². The zero-order chi connectivity index (χ0) is 35.2. The van der Waals surface area contributed by atoms with E-state index in [-0.39, 0.29) is 18.5 Å². The van der Waals surface area contributed by atoms with Crippen molar-refractivity contribution in [3.05, 3.63) is 24.3 Å². The zero-order valence-electron chi connectivity index (χ0n) is 31.7. The number of unbranched alkanes of at least 4 members (excludes halogenated alkanes) is 24. The van der Waals surface area contributed by atoms with Gasteiger partial charge >= 0.3 is 5.97 Å². The summed E-state index contributed by atoms with van der Waals surface area (Å²) in [5, 5.41) is 22.8. The van der Waals surface area contributed by atoms with Crippen molar-refractivity contribution in [3.63, 3.8) is 0 Å². The number of allylic oxidation sites excluding steroid dienone is 3. The molecule has 0 aromatic carbocycles. The summed E-state index contributed by atoms with van der Waals surface area (Å²) in [6.07, 6.45) is 41.5. The van der Waals surface area contributed by atoms with E-state index in [0.717, 1.165) is 57.8 Å². The van der Waals surface area contributed by atoms with E-state index in [1.54, 1.807) is 6.08 Å². The van der Waals surface area contributed by atoms with Gasteiger partial charge in [0.15, 0.2) is 0 Å². The molecular weight excluding hydrogens is 598 g/mol. The number of aliphatic hydroxyl groups is 2. The number of hydrogen-bond acceptors (Lipinski definition) is 5. The van der Waals surface area contributed by atoms with Crippen molar-refractivity contribution in [2.24, 2.45) is 0 Å². The average Bonchev–Trinajstić information content (AvgIpc) is 3.08. The van der Waals surface area contributed by atoms with Gasteiger partial charge in [0.1, 0.15) is 0 Å². The number of rotatable bonds is 37. The summed E-state index contributed by atoms with van der Waals surface area (Å²) in [7, 11) is 0. The molecule has 0 aliphatic carbocycles. The van der Waals surface area contributed by atoms with Gasteiger partial charge in [0.05, 0.1) is 25.4 Å². The molecule has 0 saturated heterocycles. The Morgan fingerprint density at radius 2 is 0.979 bits per heavy atom. The van der Waals surface area contributed by atoms with Crippen molar-refractivity contribution in [1.29, 1.82) is 0 Å². The van der Waals surface area contributed by atoms with Crippen LogP contribution in [0.2, 0.25) is 0 Å². The Labute approximate surface area is 297 Å². The van der Waals surface area contributed by atoms with Gasteiger partial charge in [0.25, 0.3) is 0 Å². The molecule has 6 heteroatoms. The molecule has 0 aliphatic heterocycles. The van der Waals surface area contributed by atoms with Crippen LogP contribution in [-0.2, 0) is 14.3 Å². The molecule has 48 heavy (non-hydrogen) atoms. The quantitative estimate of drug-likeness (QED) is 0.0345. The lowest BCUT2D eigenvalue weighted by Crippen LogP contribution is -2.45. The van der Waals surface area contributed by atoms with Crippen molar-refractivity contribution in [3.8, 4) is 0 Å². The van der Waals surface area contributed by atoms with Gasteiger partial charge in [0, 0.05) is 12.8 Å². The van der Waals surface area contributed by atoms with Crippen molar-refractivity contribution in [1.82, 2.24) is 5.32 Å². The van der Waals surface area contributed by atoms with Gasteiger partial charge in [-0.05, 0) is 57.8 Å². The molecule has 0 spiro atoms. The van der Waals surface area contributed by atoms with E-state index < -0.39 is 12.1 Å². The number of aliphatic hydroxyl groups excluding tert-OH is 2. The van der Waals surface area contributed by atoms with E-state index in [0.29, 0.717) is 19.4 Å². The first-order chi connectivity index (χ1) is 23.5. The summed E-state index contributed by atoms with van der Waals surface area (Å²) in [6, 6.07) is -0.641. The van der Waals surface area contributed by atoms with Gasteiger partial charge in [-0.2, -0.15) is 0 Å². The fourth-order valence-electron chi connectivity index (χ4n) is 5.98. The number of esters is 1. The molecule has 3 N–H and O–H groups in total. The Kier molecular flexibility index (Phi) is 36.8. The molecule has 0 aromatic heterocycles. The standard InChI is InChI=1S/C42H79NO5/c1-3-5-7-9-11-13-14-15-20-24-28-32-36-42(47)48-37-33-29-25-21-17-16-19-23-27-31-35-41(46)43-39(38-44)40(45)34-30-26-22-18-12-10-8-6-4-2/h11,13,30,34,39-40,44-45H,3-10,12,14-29,31-33,35-38H2,1-2H3,(H,43,46)/b13-11-,34-30+. The summed E-state index contributed by atoms with van der Waals surface area (Å²) in [6.45, 7) is 4.77. The van der Waals surface area contributed by atoms with Gasteiger partial charge in [-0.15, -0.1) is 0 Å². The minimum Gasteiger partial charge on any atom is -0.466 e. The fourth-order valence-corrected chi connectivity index (χ4v) is 5.98. The number of ether oxygens (including phenoxy) is 1. The average molecular weight is 678 g/mol. The first-order valence-electron chi connectivity index (χ1n) is 20.6. The predicted molar refractivity (Wildman–Crippen MR) is 204 cm³/mol. The number of amides is 1. The van der Waals surface area contributed by atoms with Crippen LogP contribution in [0.3, 0.4) is 0 Å². The smallest absolute Gasteiger partial charge is 0.305 e. The minimum atomic E-state index is -0.856. The summed E-state index contributed by atoms with van der Waals surface area (Å²) in [5.41, 5.74) is 0. The molecular formula is C42H79NO5. The van der Waals surface area contributed by atoms with E-state index in [4.69, 9.17) is 4.74 Å². The lowest BCUT2D eigenvalue weighted by Gasteiger charge is -2.20. The summed E-state index contributed by atoms with van der Waals surface area (Å²) in [5.74, 6) is -0.128. The third-order valence-electron chi connectivity index (χ3n) is 9.22. The van der Waals surface area contributed by atoms with E-state index in [1.807, 2.05) is 6.08 Å². The van der Waals surface area contributed by atoms with Gasteiger partial charge in [0.2, 0.25) is 5.91 Å². The highest BCUT2D eigenvalue weighted by Crippen LogP contribution is 2.13. The third kappa shape index (κ3) is 34.2. The molecule has 0 fully saturated rings. The van der Waals surface area contributed by atoms with Crippen molar-refractivity contribution in [2.75, 3.05) is 13.2 Å². The molecule has 0 aromatic rings. The molecule has 0 radical (unpaired) electrons. The second-order valence-electron chi connectivity index (χ2n) is 14.0. The Morgan fingerprint density at radius 3 is 1.52 bits per heavy atom. The van der Waals surface area contributed by atoms with E-state index >= 15 is 0 Å². The van der Waals surface area contributed by atoms with Gasteiger partial charge in [-0.25, -0.2) is 0 Å². The molecule has 282 valence electrons. The van der Waals surface area contributed by atoms with Crippen LogP contribution in [0.15, 0.2) is 24.3 Å². The Bertz CT molecular complexity index is 752. The van der Waals surface area contributed by atoms with Gasteiger partial charge in [-0.1, -0.05) is 160 Å². The largest absolute Gasteiger partial charge is 0.466 e. The van der Waals surface area contributed by atoms with E-state index in [1.165, 1.54) is 122 Å². The highest BCUT2D eigenvalue weighted by molar-refractivity contribution is 5.76. The number of nitrogens with one attached hydrogen (secondary N) is 1. The zero-order valence-corrected chi connectivity index (χ0v) is 31.7. The molecule has 0 heterocycles. The Balaban J connectivity index is 3.53. The first kappa shape index (κ1) is 46.3. The lowest BCUT2D eigenvalue weighted by molar-refractivity contribution is -0.143. The van der Waals surface area contributed by atoms with Crippen LogP contribution in [0.1, 0.15) is 206 Å². The monoisotopic (exact) mass is 678 g/mol. The van der Waals surface area contributed by atoms with Gasteiger partial charge < -0.3 is 20.3 Å². The molecule has 6 nitrogen and oxygen atoms in total. The highest BCUT2D eigenvalue weighted by Gasteiger charge is 2.18. The molecule has 2 atom stereocenters. The van der Waals surface area contributed by atoms with Crippen LogP contribution in [0.4, 0.5) is 0 Å². The van der Waals surface area contributed by atoms with Crippen LogP contribution in [0.5, 0.6) is 0 Å². The maximum Gasteiger partial charge on any atom is 0.305 e. The normalized spacial score (nSPS) is 13.0. The lowest BCUT2D eigenvalue weighted by atomic mass is 10.1. The fraction of sp³-hybridized carbons (Fsp3) is 0.857. The van der Waals surface area contributed by atoms with Crippen LogP contribution in [0.25, 0.3) is 0 Å². The summed E-state index contributed by atoms with van der Waals surface area (Å²) < 4.78 is 5.42. The third-order valence-corrected chi connectivity index (χ3v) is 9.22. The van der Waals surface area contributed by atoms with Gasteiger partial charge in [-0.3, -0.25) is 9.59 Å². The topological polar surface area (TPSA) is 95.9 Å². The minimum absolute atomic E-state index is 0.0326. The summed E-state index contributed by atoms with van der Waals surface area (Å²) >= 11 is 0.